The minimum atomic E-state index is -0.184. The van der Waals surface area contributed by atoms with Crippen molar-refractivity contribution in [1.82, 2.24) is 4.90 Å². The molecule has 2 heterocycles. The zero-order chi connectivity index (χ0) is 18.4. The average molecular weight is 360 g/mol. The summed E-state index contributed by atoms with van der Waals surface area (Å²) in [7, 11) is 0. The fourth-order valence-corrected chi connectivity index (χ4v) is 3.59. The first-order valence-electron chi connectivity index (χ1n) is 9.53. The molecule has 0 aromatic heterocycles. The van der Waals surface area contributed by atoms with E-state index in [9.17, 15) is 9.59 Å². The van der Waals surface area contributed by atoms with Crippen LogP contribution < -0.4 is 4.90 Å². The Morgan fingerprint density at radius 3 is 2.58 bits per heavy atom. The number of hydrogen-bond acceptors (Lipinski definition) is 5. The van der Waals surface area contributed by atoms with Crippen LogP contribution >= 0.6 is 0 Å². The van der Waals surface area contributed by atoms with Gasteiger partial charge in [-0.2, -0.15) is 0 Å². The number of esters is 1. The Morgan fingerprint density at radius 2 is 1.88 bits per heavy atom. The van der Waals surface area contributed by atoms with Crippen molar-refractivity contribution >= 4 is 17.6 Å². The predicted molar refractivity (Wildman–Crippen MR) is 99.1 cm³/mol. The lowest BCUT2D eigenvalue weighted by Crippen LogP contribution is -2.43. The van der Waals surface area contributed by atoms with Crippen LogP contribution in [-0.2, 0) is 25.5 Å². The molecule has 1 aromatic rings. The number of anilines is 1. The van der Waals surface area contributed by atoms with E-state index in [2.05, 4.69) is 17.0 Å². The second kappa shape index (κ2) is 9.03. The predicted octanol–water partition coefficient (Wildman–Crippen LogP) is 1.87. The van der Waals surface area contributed by atoms with E-state index in [1.165, 1.54) is 5.69 Å². The monoisotopic (exact) mass is 360 g/mol. The van der Waals surface area contributed by atoms with Gasteiger partial charge >= 0.3 is 5.97 Å². The van der Waals surface area contributed by atoms with Crippen LogP contribution in [0.3, 0.4) is 0 Å². The van der Waals surface area contributed by atoms with Crippen molar-refractivity contribution < 1.29 is 19.1 Å². The Labute approximate surface area is 155 Å². The van der Waals surface area contributed by atoms with Crippen LogP contribution in [0, 0.1) is 5.92 Å². The molecule has 1 amide bonds. The van der Waals surface area contributed by atoms with E-state index in [1.54, 1.807) is 4.90 Å². The smallest absolute Gasteiger partial charge is 0.310 e. The average Bonchev–Trinajstić information content (AvgIpc) is 2.69. The quantitative estimate of drug-likeness (QED) is 0.750. The van der Waals surface area contributed by atoms with Gasteiger partial charge in [0.25, 0.3) is 0 Å². The van der Waals surface area contributed by atoms with E-state index in [1.807, 2.05) is 19.1 Å². The highest BCUT2D eigenvalue weighted by atomic mass is 16.5. The number of rotatable bonds is 5. The lowest BCUT2D eigenvalue weighted by atomic mass is 9.97. The Morgan fingerprint density at radius 1 is 1.15 bits per heavy atom. The topological polar surface area (TPSA) is 59.1 Å². The number of carbonyl (C=O) groups excluding carboxylic acids is 2. The highest BCUT2D eigenvalue weighted by molar-refractivity contribution is 5.80. The summed E-state index contributed by atoms with van der Waals surface area (Å²) in [6.07, 6.45) is 2.03. The Hall–Kier alpha value is -2.08. The van der Waals surface area contributed by atoms with E-state index >= 15 is 0 Å². The van der Waals surface area contributed by atoms with Gasteiger partial charge in [0.2, 0.25) is 5.91 Å². The first kappa shape index (κ1) is 18.7. The van der Waals surface area contributed by atoms with Gasteiger partial charge in [-0.1, -0.05) is 12.1 Å². The summed E-state index contributed by atoms with van der Waals surface area (Å²) in [5.74, 6) is -0.283. The van der Waals surface area contributed by atoms with Crippen LogP contribution in [0.1, 0.15) is 25.3 Å². The zero-order valence-electron chi connectivity index (χ0n) is 15.5. The zero-order valence-corrected chi connectivity index (χ0v) is 15.5. The van der Waals surface area contributed by atoms with E-state index in [-0.39, 0.29) is 17.8 Å². The Kier molecular flexibility index (Phi) is 6.50. The third-order valence-corrected chi connectivity index (χ3v) is 5.06. The molecule has 2 saturated heterocycles. The van der Waals surface area contributed by atoms with Crippen LogP contribution in [0.25, 0.3) is 0 Å². The number of carbonyl (C=O) groups is 2. The molecule has 0 N–H and O–H groups in total. The van der Waals surface area contributed by atoms with Gasteiger partial charge in [0, 0.05) is 31.9 Å². The molecule has 0 radical (unpaired) electrons. The molecule has 0 aliphatic carbocycles. The molecule has 3 rings (SSSR count). The van der Waals surface area contributed by atoms with E-state index in [0.717, 1.165) is 51.3 Å². The second-order valence-corrected chi connectivity index (χ2v) is 6.87. The third-order valence-electron chi connectivity index (χ3n) is 5.06. The summed E-state index contributed by atoms with van der Waals surface area (Å²) >= 11 is 0. The van der Waals surface area contributed by atoms with Gasteiger partial charge in [-0.15, -0.1) is 0 Å². The molecule has 26 heavy (non-hydrogen) atoms. The SMILES string of the molecule is CCOC(=O)C1CCCN(C(=O)Cc2ccc(N3CCOCC3)cc2)C1. The first-order chi connectivity index (χ1) is 12.7. The summed E-state index contributed by atoms with van der Waals surface area (Å²) in [6.45, 7) is 6.73. The molecule has 2 aliphatic heterocycles. The number of likely N-dealkylation sites (tertiary alicyclic amines) is 1. The van der Waals surface area contributed by atoms with Gasteiger partial charge in [-0.25, -0.2) is 0 Å². The van der Waals surface area contributed by atoms with Crippen molar-refractivity contribution in [3.63, 3.8) is 0 Å². The third kappa shape index (κ3) is 4.75. The standard InChI is InChI=1S/C20H28N2O4/c1-2-26-20(24)17-4-3-9-22(15-17)19(23)14-16-5-7-18(8-6-16)21-10-12-25-13-11-21/h5-8,17H,2-4,9-15H2,1H3. The number of morpholine rings is 1. The molecule has 2 aliphatic rings. The molecule has 1 atom stereocenters. The van der Waals surface area contributed by atoms with Gasteiger partial charge in [0.15, 0.2) is 0 Å². The normalized spacial score (nSPS) is 20.7. The molecule has 0 bridgehead atoms. The van der Waals surface area contributed by atoms with Gasteiger partial charge in [-0.05, 0) is 37.5 Å². The summed E-state index contributed by atoms with van der Waals surface area (Å²) in [4.78, 5) is 28.7. The number of benzene rings is 1. The number of ether oxygens (including phenoxy) is 2. The summed E-state index contributed by atoms with van der Waals surface area (Å²) in [5.41, 5.74) is 2.18. The van der Waals surface area contributed by atoms with Crippen molar-refractivity contribution in [1.29, 1.82) is 0 Å². The molecule has 1 unspecified atom stereocenters. The Bertz CT molecular complexity index is 611. The number of hydrogen-bond donors (Lipinski definition) is 0. The summed E-state index contributed by atoms with van der Waals surface area (Å²) < 4.78 is 10.5. The fourth-order valence-electron chi connectivity index (χ4n) is 3.59. The maximum absolute atomic E-state index is 12.6. The highest BCUT2D eigenvalue weighted by Crippen LogP contribution is 2.20. The van der Waals surface area contributed by atoms with Crippen LogP contribution in [0.2, 0.25) is 0 Å². The lowest BCUT2D eigenvalue weighted by molar-refractivity contribution is -0.151. The number of piperidine rings is 1. The number of nitrogens with zero attached hydrogens (tertiary/aromatic N) is 2. The lowest BCUT2D eigenvalue weighted by Gasteiger charge is -2.31. The van der Waals surface area contributed by atoms with Crippen LogP contribution in [-0.4, -0.2) is 62.8 Å². The minimum absolute atomic E-state index is 0.0816. The van der Waals surface area contributed by atoms with Gasteiger partial charge < -0.3 is 19.3 Å². The van der Waals surface area contributed by atoms with E-state index < -0.39 is 0 Å². The highest BCUT2D eigenvalue weighted by Gasteiger charge is 2.29. The van der Waals surface area contributed by atoms with Crippen molar-refractivity contribution in [2.75, 3.05) is 50.9 Å². The van der Waals surface area contributed by atoms with E-state index in [4.69, 9.17) is 9.47 Å². The molecule has 6 heteroatoms. The first-order valence-corrected chi connectivity index (χ1v) is 9.53. The van der Waals surface area contributed by atoms with Crippen LogP contribution in [0.4, 0.5) is 5.69 Å². The fraction of sp³-hybridized carbons (Fsp3) is 0.600. The van der Waals surface area contributed by atoms with Crippen molar-refractivity contribution in [2.45, 2.75) is 26.2 Å². The van der Waals surface area contributed by atoms with Gasteiger partial charge in [-0.3, -0.25) is 9.59 Å². The largest absolute Gasteiger partial charge is 0.466 e. The van der Waals surface area contributed by atoms with Crippen molar-refractivity contribution in [2.24, 2.45) is 5.92 Å². The van der Waals surface area contributed by atoms with Crippen LogP contribution in [0.15, 0.2) is 24.3 Å². The molecule has 1 aromatic carbocycles. The van der Waals surface area contributed by atoms with Crippen LogP contribution in [0.5, 0.6) is 0 Å². The maximum Gasteiger partial charge on any atom is 0.310 e. The molecular weight excluding hydrogens is 332 g/mol. The molecular formula is C20H28N2O4. The molecule has 0 saturated carbocycles. The molecule has 6 nitrogen and oxygen atoms in total. The van der Waals surface area contributed by atoms with Crippen molar-refractivity contribution in [3.8, 4) is 0 Å². The molecule has 2 fully saturated rings. The van der Waals surface area contributed by atoms with Gasteiger partial charge in [0.05, 0.1) is 32.2 Å². The second-order valence-electron chi connectivity index (χ2n) is 6.87. The summed E-state index contributed by atoms with van der Waals surface area (Å²) in [6, 6.07) is 8.20. The Balaban J connectivity index is 1.54. The van der Waals surface area contributed by atoms with Gasteiger partial charge in [0.1, 0.15) is 0 Å². The molecule has 142 valence electrons. The summed E-state index contributed by atoms with van der Waals surface area (Å²) in [5, 5.41) is 0. The van der Waals surface area contributed by atoms with E-state index in [0.29, 0.717) is 19.6 Å². The molecule has 0 spiro atoms. The van der Waals surface area contributed by atoms with Crippen molar-refractivity contribution in [3.05, 3.63) is 29.8 Å². The maximum atomic E-state index is 12.6. The number of amides is 1. The minimum Gasteiger partial charge on any atom is -0.466 e.